The molecule has 7 heteroatoms. The van der Waals surface area contributed by atoms with Gasteiger partial charge in [0.25, 0.3) is 5.91 Å². The van der Waals surface area contributed by atoms with Crippen LogP contribution in [0.1, 0.15) is 41.6 Å². The third-order valence-corrected chi connectivity index (χ3v) is 6.07. The van der Waals surface area contributed by atoms with Gasteiger partial charge >= 0.3 is 5.97 Å². The van der Waals surface area contributed by atoms with Gasteiger partial charge in [0, 0.05) is 23.9 Å². The number of carbonyl (C=O) groups excluding carboxylic acids is 3. The summed E-state index contributed by atoms with van der Waals surface area (Å²) < 4.78 is 5.66. The van der Waals surface area contributed by atoms with E-state index in [1.165, 1.54) is 4.90 Å². The fraction of sp³-hybridized carbons (Fsp3) is 0.318. The Bertz CT molecular complexity index is 1020. The van der Waals surface area contributed by atoms with Crippen LogP contribution in [0.4, 0.5) is 5.69 Å². The zero-order chi connectivity index (χ0) is 20.2. The van der Waals surface area contributed by atoms with Crippen molar-refractivity contribution in [3.63, 3.8) is 0 Å². The fourth-order valence-corrected chi connectivity index (χ4v) is 4.48. The van der Waals surface area contributed by atoms with Gasteiger partial charge in [-0.15, -0.1) is 0 Å². The predicted molar refractivity (Wildman–Crippen MR) is 106 cm³/mol. The molecule has 29 heavy (non-hydrogen) atoms. The van der Waals surface area contributed by atoms with E-state index in [1.807, 2.05) is 0 Å². The number of hydrogen-bond acceptors (Lipinski definition) is 4. The highest BCUT2D eigenvalue weighted by Crippen LogP contribution is 2.49. The molecule has 2 aromatic rings. The lowest BCUT2D eigenvalue weighted by atomic mass is 9.96. The van der Waals surface area contributed by atoms with Crippen LogP contribution in [-0.2, 0) is 20.9 Å². The molecule has 0 aromatic heterocycles. The van der Waals surface area contributed by atoms with Gasteiger partial charge in [0.2, 0.25) is 11.6 Å². The lowest BCUT2D eigenvalue weighted by Crippen LogP contribution is -2.69. The molecule has 3 aliphatic rings. The number of benzene rings is 2. The molecule has 0 bridgehead atoms. The smallest absolute Gasteiger partial charge is 0.354 e. The second-order valence-corrected chi connectivity index (χ2v) is 8.11. The van der Waals surface area contributed by atoms with E-state index in [2.05, 4.69) is 0 Å². The Labute approximate surface area is 173 Å². The summed E-state index contributed by atoms with van der Waals surface area (Å²) >= 11 is 5.91. The quantitative estimate of drug-likeness (QED) is 0.723. The first kappa shape index (κ1) is 18.2. The van der Waals surface area contributed by atoms with E-state index >= 15 is 0 Å². The Morgan fingerprint density at radius 1 is 1.10 bits per heavy atom. The maximum atomic E-state index is 13.4. The number of nitrogens with zero attached hydrogens (tertiary/aromatic N) is 2. The highest BCUT2D eigenvalue weighted by molar-refractivity contribution is 6.30. The number of rotatable bonds is 4. The summed E-state index contributed by atoms with van der Waals surface area (Å²) in [5.41, 5.74) is 0.322. The standard InChI is InChI=1S/C22H19ClN2O4/c23-15-7-5-14(6-8-15)13-29-21(28)22-12-11-19(26)25(22)18-4-2-1-3-17(18)20(27)24(22)16-9-10-16/h1-8,16H,9-13H2/t22-/m1/s1. The number of halogens is 1. The monoisotopic (exact) mass is 410 g/mol. The molecule has 148 valence electrons. The summed E-state index contributed by atoms with van der Waals surface area (Å²) in [6, 6.07) is 13.9. The number of anilines is 1. The second-order valence-electron chi connectivity index (χ2n) is 7.67. The molecule has 2 amide bonds. The van der Waals surface area contributed by atoms with Crippen LogP contribution in [-0.4, -0.2) is 34.4 Å². The van der Waals surface area contributed by atoms with E-state index in [-0.39, 0.29) is 37.3 Å². The maximum Gasteiger partial charge on any atom is 0.354 e. The number of amides is 2. The number of carbonyl (C=O) groups is 3. The molecule has 1 aliphatic carbocycles. The van der Waals surface area contributed by atoms with Crippen molar-refractivity contribution in [3.05, 3.63) is 64.7 Å². The molecule has 2 aliphatic heterocycles. The zero-order valence-corrected chi connectivity index (χ0v) is 16.4. The molecule has 1 saturated carbocycles. The molecular formula is C22H19ClN2O4. The van der Waals surface area contributed by atoms with Crippen molar-refractivity contribution in [1.82, 2.24) is 4.90 Å². The van der Waals surface area contributed by atoms with E-state index in [0.29, 0.717) is 16.3 Å². The van der Waals surface area contributed by atoms with Gasteiger partial charge < -0.3 is 9.64 Å². The molecule has 2 aromatic carbocycles. The van der Waals surface area contributed by atoms with Gasteiger partial charge in [0.05, 0.1) is 11.3 Å². The fourth-order valence-electron chi connectivity index (χ4n) is 4.36. The van der Waals surface area contributed by atoms with Gasteiger partial charge in [-0.1, -0.05) is 35.9 Å². The van der Waals surface area contributed by atoms with Crippen LogP contribution >= 0.6 is 11.6 Å². The van der Waals surface area contributed by atoms with Crippen molar-refractivity contribution in [3.8, 4) is 0 Å². The normalized spacial score (nSPS) is 23.1. The van der Waals surface area contributed by atoms with Crippen molar-refractivity contribution >= 4 is 35.1 Å². The van der Waals surface area contributed by atoms with E-state index in [9.17, 15) is 14.4 Å². The van der Waals surface area contributed by atoms with E-state index in [4.69, 9.17) is 16.3 Å². The Kier molecular flexibility index (Phi) is 4.13. The maximum absolute atomic E-state index is 13.4. The van der Waals surface area contributed by atoms with Gasteiger partial charge in [-0.3, -0.25) is 14.5 Å². The molecule has 1 saturated heterocycles. The highest BCUT2D eigenvalue weighted by Gasteiger charge is 2.64. The Morgan fingerprint density at radius 2 is 1.83 bits per heavy atom. The zero-order valence-electron chi connectivity index (χ0n) is 15.6. The first-order valence-corrected chi connectivity index (χ1v) is 10.1. The Balaban J connectivity index is 1.54. The van der Waals surface area contributed by atoms with Crippen LogP contribution in [0.5, 0.6) is 0 Å². The van der Waals surface area contributed by atoms with Crippen LogP contribution in [0.3, 0.4) is 0 Å². The molecule has 0 unspecified atom stereocenters. The first-order chi connectivity index (χ1) is 14.0. The summed E-state index contributed by atoms with van der Waals surface area (Å²) in [5, 5.41) is 0.598. The number of ether oxygens (including phenoxy) is 1. The van der Waals surface area contributed by atoms with E-state index in [0.717, 1.165) is 18.4 Å². The molecule has 0 spiro atoms. The van der Waals surface area contributed by atoms with Crippen molar-refractivity contribution < 1.29 is 19.1 Å². The van der Waals surface area contributed by atoms with E-state index < -0.39 is 11.6 Å². The van der Waals surface area contributed by atoms with Crippen molar-refractivity contribution in [2.24, 2.45) is 0 Å². The molecule has 0 N–H and O–H groups in total. The predicted octanol–water partition coefficient (Wildman–Crippen LogP) is 3.52. The minimum atomic E-state index is -1.41. The molecule has 5 rings (SSSR count). The summed E-state index contributed by atoms with van der Waals surface area (Å²) in [6.07, 6.45) is 2.08. The van der Waals surface area contributed by atoms with Gasteiger partial charge in [0.1, 0.15) is 6.61 Å². The van der Waals surface area contributed by atoms with E-state index in [1.54, 1.807) is 53.4 Å². The SMILES string of the molecule is O=C1CC[C@]2(C(=O)OCc3ccc(Cl)cc3)N1c1ccccc1C(=O)N2C1CC1. The molecule has 1 atom stereocenters. The Morgan fingerprint density at radius 3 is 2.55 bits per heavy atom. The number of esters is 1. The van der Waals surface area contributed by atoms with Crippen LogP contribution in [0, 0.1) is 0 Å². The lowest BCUT2D eigenvalue weighted by Gasteiger charge is -2.48. The third kappa shape index (κ3) is 2.74. The highest BCUT2D eigenvalue weighted by atomic mass is 35.5. The Hall–Kier alpha value is -2.86. The molecule has 0 radical (unpaired) electrons. The minimum Gasteiger partial charge on any atom is -0.458 e. The van der Waals surface area contributed by atoms with Crippen molar-refractivity contribution in [2.45, 2.75) is 44.0 Å². The molecular weight excluding hydrogens is 392 g/mol. The minimum absolute atomic E-state index is 0.0488. The van der Waals surface area contributed by atoms with Gasteiger partial charge in [-0.05, 0) is 42.7 Å². The second kappa shape index (κ2) is 6.59. The summed E-state index contributed by atoms with van der Waals surface area (Å²) in [7, 11) is 0. The van der Waals surface area contributed by atoms with Crippen LogP contribution < -0.4 is 4.90 Å². The molecule has 2 fully saturated rings. The average molecular weight is 411 g/mol. The number of para-hydroxylation sites is 1. The summed E-state index contributed by atoms with van der Waals surface area (Å²) in [6.45, 7) is 0.0497. The first-order valence-electron chi connectivity index (χ1n) is 9.70. The van der Waals surface area contributed by atoms with Crippen LogP contribution in [0.25, 0.3) is 0 Å². The molecule has 6 nitrogen and oxygen atoms in total. The van der Waals surface area contributed by atoms with Gasteiger partial charge in [0.15, 0.2) is 0 Å². The van der Waals surface area contributed by atoms with Crippen LogP contribution in [0.15, 0.2) is 48.5 Å². The summed E-state index contributed by atoms with van der Waals surface area (Å²) in [5.74, 6) is -0.940. The topological polar surface area (TPSA) is 66.9 Å². The van der Waals surface area contributed by atoms with Gasteiger partial charge in [-0.25, -0.2) is 4.79 Å². The van der Waals surface area contributed by atoms with Crippen LogP contribution in [0.2, 0.25) is 5.02 Å². The average Bonchev–Trinajstić information content (AvgIpc) is 3.50. The van der Waals surface area contributed by atoms with Gasteiger partial charge in [-0.2, -0.15) is 0 Å². The summed E-state index contributed by atoms with van der Waals surface area (Å²) in [4.78, 5) is 42.7. The molecule has 2 heterocycles. The van der Waals surface area contributed by atoms with Crippen molar-refractivity contribution in [1.29, 1.82) is 0 Å². The third-order valence-electron chi connectivity index (χ3n) is 5.82. The number of fused-ring (bicyclic) bond motifs is 3. The largest absolute Gasteiger partial charge is 0.458 e. The van der Waals surface area contributed by atoms with Crippen molar-refractivity contribution in [2.75, 3.05) is 4.90 Å². The lowest BCUT2D eigenvalue weighted by molar-refractivity contribution is -0.159. The number of hydrogen-bond donors (Lipinski definition) is 0.